The fourth-order valence-corrected chi connectivity index (χ4v) is 1.04. The Balaban J connectivity index is 4.15. The van der Waals surface area contributed by atoms with Crippen LogP contribution in [0.5, 0.6) is 0 Å². The summed E-state index contributed by atoms with van der Waals surface area (Å²) in [6.07, 6.45) is -7.11. The van der Waals surface area contributed by atoms with Crippen LogP contribution >= 0.6 is 0 Å². The maximum Gasteiger partial charge on any atom is 0.415 e. The minimum Gasteiger partial charge on any atom is -0.465 e. The third kappa shape index (κ3) is 5.92. The Morgan fingerprint density at radius 2 is 2.00 bits per heavy atom. The molecule has 0 aliphatic heterocycles. The maximum atomic E-state index is 12.0. The molecule has 16 heavy (non-hydrogen) atoms. The predicted octanol–water partition coefficient (Wildman–Crippen LogP) is 0.795. The molecule has 0 amide bonds. The minimum absolute atomic E-state index is 0.179. The lowest BCUT2D eigenvalue weighted by atomic mass is 10.3. The van der Waals surface area contributed by atoms with E-state index in [2.05, 4.69) is 4.74 Å². The first-order valence-electron chi connectivity index (χ1n) is 4.94. The standard InChI is InChI=1S/C9H16F3NO3/c1-3-13(6-8(15)16-4-2)5-7(14)9(10,11)12/h7,14H,3-6H2,1-2H3. The Morgan fingerprint density at radius 3 is 2.38 bits per heavy atom. The van der Waals surface area contributed by atoms with Crippen LogP contribution in [0.4, 0.5) is 13.2 Å². The summed E-state index contributed by atoms with van der Waals surface area (Å²) in [5.41, 5.74) is 0. The summed E-state index contributed by atoms with van der Waals surface area (Å²) in [7, 11) is 0. The SMILES string of the molecule is CCOC(=O)CN(CC)CC(O)C(F)(F)F. The van der Waals surface area contributed by atoms with Crippen molar-refractivity contribution >= 4 is 5.97 Å². The number of alkyl halides is 3. The number of ether oxygens (including phenoxy) is 1. The number of carbonyl (C=O) groups excluding carboxylic acids is 1. The van der Waals surface area contributed by atoms with Gasteiger partial charge in [0.2, 0.25) is 0 Å². The number of esters is 1. The smallest absolute Gasteiger partial charge is 0.415 e. The van der Waals surface area contributed by atoms with Crippen LogP contribution in [-0.2, 0) is 9.53 Å². The van der Waals surface area contributed by atoms with Gasteiger partial charge in [0.1, 0.15) is 0 Å². The molecule has 0 aromatic rings. The molecule has 0 saturated heterocycles. The van der Waals surface area contributed by atoms with Gasteiger partial charge < -0.3 is 9.84 Å². The zero-order valence-electron chi connectivity index (χ0n) is 9.25. The Hall–Kier alpha value is -0.820. The molecule has 0 saturated carbocycles. The van der Waals surface area contributed by atoms with Gasteiger partial charge in [0, 0.05) is 6.54 Å². The number of nitrogens with zero attached hydrogens (tertiary/aromatic N) is 1. The lowest BCUT2D eigenvalue weighted by Crippen LogP contribution is -2.43. The number of aliphatic hydroxyl groups is 1. The highest BCUT2D eigenvalue weighted by Crippen LogP contribution is 2.20. The van der Waals surface area contributed by atoms with Gasteiger partial charge in [-0.2, -0.15) is 13.2 Å². The van der Waals surface area contributed by atoms with Crippen LogP contribution in [0.25, 0.3) is 0 Å². The van der Waals surface area contributed by atoms with Gasteiger partial charge in [-0.05, 0) is 13.5 Å². The van der Waals surface area contributed by atoms with Crippen LogP contribution in [0.2, 0.25) is 0 Å². The fraction of sp³-hybridized carbons (Fsp3) is 0.889. The van der Waals surface area contributed by atoms with E-state index in [-0.39, 0.29) is 19.7 Å². The molecule has 1 atom stereocenters. The molecule has 0 aliphatic rings. The van der Waals surface area contributed by atoms with Crippen molar-refractivity contribution in [2.45, 2.75) is 26.1 Å². The van der Waals surface area contributed by atoms with Crippen molar-refractivity contribution in [2.24, 2.45) is 0 Å². The number of aliphatic hydroxyl groups excluding tert-OH is 1. The van der Waals surface area contributed by atoms with Crippen LogP contribution < -0.4 is 0 Å². The van der Waals surface area contributed by atoms with Crippen LogP contribution in [0.1, 0.15) is 13.8 Å². The van der Waals surface area contributed by atoms with E-state index in [0.717, 1.165) is 0 Å². The first-order chi connectivity index (χ1) is 7.31. The van der Waals surface area contributed by atoms with Gasteiger partial charge in [-0.3, -0.25) is 9.69 Å². The molecule has 0 aliphatic carbocycles. The molecule has 0 spiro atoms. The summed E-state index contributed by atoms with van der Waals surface area (Å²) in [5.74, 6) is -0.598. The Morgan fingerprint density at radius 1 is 1.44 bits per heavy atom. The van der Waals surface area contributed by atoms with E-state index in [1.165, 1.54) is 4.90 Å². The van der Waals surface area contributed by atoms with Gasteiger partial charge in [0.15, 0.2) is 6.10 Å². The molecule has 7 heteroatoms. The fourth-order valence-electron chi connectivity index (χ4n) is 1.04. The molecule has 0 radical (unpaired) electrons. The van der Waals surface area contributed by atoms with Gasteiger partial charge >= 0.3 is 12.1 Å². The molecule has 1 N–H and O–H groups in total. The maximum absolute atomic E-state index is 12.0. The highest BCUT2D eigenvalue weighted by atomic mass is 19.4. The van der Waals surface area contributed by atoms with Crippen molar-refractivity contribution in [1.82, 2.24) is 4.90 Å². The number of carbonyl (C=O) groups is 1. The molecule has 0 aromatic carbocycles. The van der Waals surface area contributed by atoms with Gasteiger partial charge in [-0.25, -0.2) is 0 Å². The van der Waals surface area contributed by atoms with E-state index in [1.807, 2.05) is 0 Å². The summed E-state index contributed by atoms with van der Waals surface area (Å²) >= 11 is 0. The molecular weight excluding hydrogens is 227 g/mol. The third-order valence-corrected chi connectivity index (χ3v) is 1.91. The average molecular weight is 243 g/mol. The molecule has 0 rings (SSSR count). The monoisotopic (exact) mass is 243 g/mol. The lowest BCUT2D eigenvalue weighted by molar-refractivity contribution is -0.208. The first-order valence-corrected chi connectivity index (χ1v) is 4.94. The third-order valence-electron chi connectivity index (χ3n) is 1.91. The molecule has 0 bridgehead atoms. The van der Waals surface area contributed by atoms with Crippen LogP contribution in [0.3, 0.4) is 0 Å². The Kier molecular flexibility index (Phi) is 6.35. The van der Waals surface area contributed by atoms with Gasteiger partial charge in [-0.1, -0.05) is 6.92 Å². The minimum atomic E-state index is -4.66. The Labute approximate surface area is 92.0 Å². The number of rotatable bonds is 6. The summed E-state index contributed by atoms with van der Waals surface area (Å²) in [5, 5.41) is 8.81. The lowest BCUT2D eigenvalue weighted by Gasteiger charge is -2.23. The quantitative estimate of drug-likeness (QED) is 0.701. The second-order valence-electron chi connectivity index (χ2n) is 3.19. The van der Waals surface area contributed by atoms with E-state index >= 15 is 0 Å². The van der Waals surface area contributed by atoms with Gasteiger partial charge in [0.25, 0.3) is 0 Å². The van der Waals surface area contributed by atoms with E-state index in [9.17, 15) is 18.0 Å². The van der Waals surface area contributed by atoms with Crippen molar-refractivity contribution in [3.05, 3.63) is 0 Å². The van der Waals surface area contributed by atoms with Crippen molar-refractivity contribution in [1.29, 1.82) is 0 Å². The largest absolute Gasteiger partial charge is 0.465 e. The van der Waals surface area contributed by atoms with E-state index in [0.29, 0.717) is 0 Å². The van der Waals surface area contributed by atoms with Crippen LogP contribution in [0, 0.1) is 0 Å². The van der Waals surface area contributed by atoms with Crippen molar-refractivity contribution in [3.8, 4) is 0 Å². The molecule has 1 unspecified atom stereocenters. The van der Waals surface area contributed by atoms with Crippen LogP contribution in [-0.4, -0.2) is 54.5 Å². The summed E-state index contributed by atoms with van der Waals surface area (Å²) in [6, 6.07) is 0. The highest BCUT2D eigenvalue weighted by Gasteiger charge is 2.39. The molecule has 0 aromatic heterocycles. The zero-order chi connectivity index (χ0) is 12.8. The second kappa shape index (κ2) is 6.70. The topological polar surface area (TPSA) is 49.8 Å². The summed E-state index contributed by atoms with van der Waals surface area (Å²) in [6.45, 7) is 2.74. The number of likely N-dealkylation sites (N-methyl/N-ethyl adjacent to an activating group) is 1. The average Bonchev–Trinajstić information content (AvgIpc) is 2.15. The van der Waals surface area contributed by atoms with E-state index < -0.39 is 24.8 Å². The number of hydrogen-bond acceptors (Lipinski definition) is 4. The van der Waals surface area contributed by atoms with Crippen molar-refractivity contribution in [2.75, 3.05) is 26.2 Å². The summed E-state index contributed by atoms with van der Waals surface area (Å²) < 4.78 is 40.7. The molecule has 0 fully saturated rings. The van der Waals surface area contributed by atoms with Crippen LogP contribution in [0.15, 0.2) is 0 Å². The van der Waals surface area contributed by atoms with Crippen molar-refractivity contribution in [3.63, 3.8) is 0 Å². The van der Waals surface area contributed by atoms with Crippen molar-refractivity contribution < 1.29 is 27.8 Å². The predicted molar refractivity (Wildman–Crippen MR) is 50.8 cm³/mol. The Bertz CT molecular complexity index is 221. The normalized spacial score (nSPS) is 13.9. The molecule has 96 valence electrons. The first kappa shape index (κ1) is 15.2. The van der Waals surface area contributed by atoms with E-state index in [1.54, 1.807) is 13.8 Å². The summed E-state index contributed by atoms with van der Waals surface area (Å²) in [4.78, 5) is 12.2. The number of halogens is 3. The second-order valence-corrected chi connectivity index (χ2v) is 3.19. The van der Waals surface area contributed by atoms with E-state index in [4.69, 9.17) is 5.11 Å². The molecular formula is C9H16F3NO3. The zero-order valence-corrected chi connectivity index (χ0v) is 9.25. The molecule has 4 nitrogen and oxygen atoms in total. The number of hydrogen-bond donors (Lipinski definition) is 1. The van der Waals surface area contributed by atoms with Gasteiger partial charge in [0.05, 0.1) is 13.2 Å². The highest BCUT2D eigenvalue weighted by molar-refractivity contribution is 5.71. The molecule has 0 heterocycles. The van der Waals surface area contributed by atoms with Gasteiger partial charge in [-0.15, -0.1) is 0 Å².